The molecule has 1 amide bonds. The standard InChI is InChI=1S/C14H14N4O4/c19-10(11-4-3-7-22-11)8-15-13(20)9-18-14(21)17-6-2-1-5-12(17)16-18/h1-7,10,19H,8-9H2,(H,15,20). The van der Waals surface area contributed by atoms with Crippen molar-refractivity contribution in [2.24, 2.45) is 0 Å². The maximum absolute atomic E-state index is 12.0. The van der Waals surface area contributed by atoms with Crippen molar-refractivity contribution in [2.45, 2.75) is 12.6 Å². The van der Waals surface area contributed by atoms with Crippen LogP contribution in [0.25, 0.3) is 5.65 Å². The molecule has 22 heavy (non-hydrogen) atoms. The molecule has 0 aliphatic rings. The summed E-state index contributed by atoms with van der Waals surface area (Å²) in [5.41, 5.74) is 0.0771. The van der Waals surface area contributed by atoms with Gasteiger partial charge in [-0.05, 0) is 24.3 Å². The molecule has 0 saturated heterocycles. The number of carbonyl (C=O) groups excluding carboxylic acids is 1. The summed E-state index contributed by atoms with van der Waals surface area (Å²) < 4.78 is 7.46. The summed E-state index contributed by atoms with van der Waals surface area (Å²) in [7, 11) is 0. The number of rotatable bonds is 5. The molecule has 0 radical (unpaired) electrons. The zero-order valence-corrected chi connectivity index (χ0v) is 11.5. The van der Waals surface area contributed by atoms with Gasteiger partial charge in [0.05, 0.1) is 12.8 Å². The fraction of sp³-hybridized carbons (Fsp3) is 0.214. The Kier molecular flexibility index (Phi) is 3.75. The number of pyridine rings is 1. The minimum absolute atomic E-state index is 0.00549. The second-order valence-electron chi connectivity index (χ2n) is 4.70. The average Bonchev–Trinajstić information content (AvgIpc) is 3.15. The highest BCUT2D eigenvalue weighted by atomic mass is 16.4. The lowest BCUT2D eigenvalue weighted by Crippen LogP contribution is -2.34. The highest BCUT2D eigenvalue weighted by Crippen LogP contribution is 2.11. The molecule has 3 rings (SSSR count). The van der Waals surface area contributed by atoms with Crippen LogP contribution in [0.15, 0.2) is 52.0 Å². The Morgan fingerprint density at radius 2 is 2.23 bits per heavy atom. The van der Waals surface area contributed by atoms with E-state index in [2.05, 4.69) is 10.4 Å². The van der Waals surface area contributed by atoms with E-state index in [0.29, 0.717) is 11.4 Å². The van der Waals surface area contributed by atoms with Crippen LogP contribution in [0.1, 0.15) is 11.9 Å². The Morgan fingerprint density at radius 3 is 2.95 bits per heavy atom. The Labute approximate surface area is 124 Å². The van der Waals surface area contributed by atoms with Crippen molar-refractivity contribution in [3.05, 3.63) is 59.0 Å². The molecule has 0 spiro atoms. The van der Waals surface area contributed by atoms with Gasteiger partial charge >= 0.3 is 5.69 Å². The van der Waals surface area contributed by atoms with E-state index in [4.69, 9.17) is 4.42 Å². The molecule has 2 N–H and O–H groups in total. The van der Waals surface area contributed by atoms with Gasteiger partial charge in [-0.25, -0.2) is 9.48 Å². The number of carbonyl (C=O) groups is 1. The summed E-state index contributed by atoms with van der Waals surface area (Å²) in [4.78, 5) is 23.9. The minimum atomic E-state index is -0.934. The molecule has 0 aliphatic heterocycles. The van der Waals surface area contributed by atoms with Gasteiger partial charge in [0, 0.05) is 6.20 Å². The van der Waals surface area contributed by atoms with Crippen molar-refractivity contribution in [3.63, 3.8) is 0 Å². The van der Waals surface area contributed by atoms with Gasteiger partial charge in [0.2, 0.25) is 5.91 Å². The Balaban J connectivity index is 1.64. The monoisotopic (exact) mass is 302 g/mol. The van der Waals surface area contributed by atoms with E-state index in [1.807, 2.05) is 0 Å². The van der Waals surface area contributed by atoms with Crippen molar-refractivity contribution >= 4 is 11.6 Å². The van der Waals surface area contributed by atoms with E-state index < -0.39 is 17.7 Å². The predicted molar refractivity (Wildman–Crippen MR) is 76.1 cm³/mol. The number of fused-ring (bicyclic) bond motifs is 1. The summed E-state index contributed by atoms with van der Waals surface area (Å²) in [6.45, 7) is -0.222. The molecule has 8 nitrogen and oxygen atoms in total. The zero-order valence-electron chi connectivity index (χ0n) is 11.5. The molecule has 0 saturated carbocycles. The lowest BCUT2D eigenvalue weighted by atomic mass is 10.3. The number of nitrogens with one attached hydrogen (secondary N) is 1. The molecule has 3 heterocycles. The quantitative estimate of drug-likeness (QED) is 0.687. The topological polar surface area (TPSA) is 102 Å². The lowest BCUT2D eigenvalue weighted by molar-refractivity contribution is -0.122. The second-order valence-corrected chi connectivity index (χ2v) is 4.70. The predicted octanol–water partition coefficient (Wildman–Crippen LogP) is -0.0612. The summed E-state index contributed by atoms with van der Waals surface area (Å²) in [6.07, 6.45) is 2.09. The summed E-state index contributed by atoms with van der Waals surface area (Å²) in [5, 5.41) is 16.4. The van der Waals surface area contributed by atoms with Crippen molar-refractivity contribution in [3.8, 4) is 0 Å². The van der Waals surface area contributed by atoms with E-state index in [0.717, 1.165) is 4.68 Å². The van der Waals surface area contributed by atoms with Crippen LogP contribution in [-0.2, 0) is 11.3 Å². The van der Waals surface area contributed by atoms with Crippen LogP contribution < -0.4 is 11.0 Å². The smallest absolute Gasteiger partial charge is 0.350 e. The zero-order chi connectivity index (χ0) is 15.5. The highest BCUT2D eigenvalue weighted by molar-refractivity contribution is 5.75. The fourth-order valence-electron chi connectivity index (χ4n) is 2.06. The molecular formula is C14H14N4O4. The van der Waals surface area contributed by atoms with Crippen LogP contribution >= 0.6 is 0 Å². The van der Waals surface area contributed by atoms with Gasteiger partial charge in [0.15, 0.2) is 5.65 Å². The third-order valence-corrected chi connectivity index (χ3v) is 3.15. The lowest BCUT2D eigenvalue weighted by Gasteiger charge is -2.09. The van der Waals surface area contributed by atoms with E-state index in [1.165, 1.54) is 10.7 Å². The van der Waals surface area contributed by atoms with Crippen LogP contribution in [0.4, 0.5) is 0 Å². The van der Waals surface area contributed by atoms with Gasteiger partial charge in [-0.3, -0.25) is 9.20 Å². The molecule has 1 unspecified atom stereocenters. The van der Waals surface area contributed by atoms with Crippen LogP contribution in [0, 0.1) is 0 Å². The van der Waals surface area contributed by atoms with E-state index >= 15 is 0 Å². The van der Waals surface area contributed by atoms with Crippen molar-refractivity contribution < 1.29 is 14.3 Å². The number of aromatic nitrogens is 3. The third kappa shape index (κ3) is 2.77. The van der Waals surface area contributed by atoms with Crippen molar-refractivity contribution in [2.75, 3.05) is 6.54 Å². The minimum Gasteiger partial charge on any atom is -0.467 e. The average molecular weight is 302 g/mol. The molecule has 1 atom stereocenters. The maximum Gasteiger partial charge on any atom is 0.350 e. The maximum atomic E-state index is 12.0. The molecule has 3 aromatic rings. The molecule has 114 valence electrons. The second kappa shape index (κ2) is 5.86. The van der Waals surface area contributed by atoms with Crippen molar-refractivity contribution in [1.29, 1.82) is 0 Å². The Hall–Kier alpha value is -2.87. The van der Waals surface area contributed by atoms with Crippen LogP contribution in [0.3, 0.4) is 0 Å². The first-order chi connectivity index (χ1) is 10.6. The SMILES string of the molecule is O=C(Cn1nc2ccccn2c1=O)NCC(O)c1ccco1. The molecule has 0 bridgehead atoms. The Bertz CT molecular complexity index is 834. The van der Waals surface area contributed by atoms with Gasteiger partial charge in [0.1, 0.15) is 18.4 Å². The van der Waals surface area contributed by atoms with E-state index in [9.17, 15) is 14.7 Å². The first kappa shape index (κ1) is 14.1. The van der Waals surface area contributed by atoms with Gasteiger partial charge < -0.3 is 14.8 Å². The molecule has 0 aromatic carbocycles. The molecule has 0 aliphatic carbocycles. The Morgan fingerprint density at radius 1 is 1.36 bits per heavy atom. The van der Waals surface area contributed by atoms with Crippen LogP contribution in [-0.4, -0.2) is 31.7 Å². The number of amides is 1. The number of hydrogen-bond donors (Lipinski definition) is 2. The largest absolute Gasteiger partial charge is 0.467 e. The van der Waals surface area contributed by atoms with E-state index in [1.54, 1.807) is 36.5 Å². The van der Waals surface area contributed by atoms with Crippen molar-refractivity contribution in [1.82, 2.24) is 19.5 Å². The normalized spacial score (nSPS) is 12.4. The number of nitrogens with zero attached hydrogens (tertiary/aromatic N) is 3. The number of furan rings is 1. The molecule has 3 aromatic heterocycles. The molecule has 0 fully saturated rings. The first-order valence-corrected chi connectivity index (χ1v) is 6.67. The molecule has 8 heteroatoms. The van der Waals surface area contributed by atoms with Gasteiger partial charge in [0.25, 0.3) is 0 Å². The number of aliphatic hydroxyl groups is 1. The molecular weight excluding hydrogens is 288 g/mol. The van der Waals surface area contributed by atoms with Gasteiger partial charge in [-0.1, -0.05) is 6.07 Å². The van der Waals surface area contributed by atoms with Gasteiger partial charge in [-0.2, -0.15) is 0 Å². The summed E-state index contributed by atoms with van der Waals surface area (Å²) in [5.74, 6) is -0.0543. The fourth-order valence-corrected chi connectivity index (χ4v) is 2.06. The summed E-state index contributed by atoms with van der Waals surface area (Å²) in [6, 6.07) is 8.41. The van der Waals surface area contributed by atoms with E-state index in [-0.39, 0.29) is 13.1 Å². The highest BCUT2D eigenvalue weighted by Gasteiger charge is 2.14. The summed E-state index contributed by atoms with van der Waals surface area (Å²) >= 11 is 0. The van der Waals surface area contributed by atoms with Crippen LogP contribution in [0.5, 0.6) is 0 Å². The van der Waals surface area contributed by atoms with Crippen LogP contribution in [0.2, 0.25) is 0 Å². The third-order valence-electron chi connectivity index (χ3n) is 3.15. The number of hydrogen-bond acceptors (Lipinski definition) is 5. The number of aliphatic hydroxyl groups excluding tert-OH is 1. The van der Waals surface area contributed by atoms with Gasteiger partial charge in [-0.15, -0.1) is 5.10 Å². The first-order valence-electron chi connectivity index (χ1n) is 6.67.